The molecule has 2 aromatic rings. The van der Waals surface area contributed by atoms with Gasteiger partial charge in [0.25, 0.3) is 5.91 Å². The van der Waals surface area contributed by atoms with Gasteiger partial charge in [0.15, 0.2) is 0 Å². The van der Waals surface area contributed by atoms with E-state index < -0.39 is 0 Å². The number of aromatic nitrogens is 2. The number of benzene rings is 1. The quantitative estimate of drug-likeness (QED) is 0.744. The molecule has 3 saturated heterocycles. The summed E-state index contributed by atoms with van der Waals surface area (Å²) in [4.78, 5) is 26.9. The van der Waals surface area contributed by atoms with Crippen LogP contribution in [-0.2, 0) is 0 Å². The lowest BCUT2D eigenvalue weighted by atomic mass is 9.82. The highest BCUT2D eigenvalue weighted by Crippen LogP contribution is 2.32. The Kier molecular flexibility index (Phi) is 6.23. The van der Waals surface area contributed by atoms with Crippen LogP contribution in [0.25, 0.3) is 0 Å². The Hall–Kier alpha value is -2.71. The van der Waals surface area contributed by atoms with Crippen LogP contribution >= 0.6 is 0 Å². The highest BCUT2D eigenvalue weighted by atomic mass is 16.5. The van der Waals surface area contributed by atoms with Crippen molar-refractivity contribution in [3.63, 3.8) is 0 Å². The first kappa shape index (κ1) is 21.2. The number of hydrogen-bond donors (Lipinski definition) is 2. The van der Waals surface area contributed by atoms with E-state index >= 15 is 0 Å². The van der Waals surface area contributed by atoms with Gasteiger partial charge in [-0.15, -0.1) is 0 Å². The minimum absolute atomic E-state index is 0.0782. The molecule has 0 saturated carbocycles. The van der Waals surface area contributed by atoms with E-state index in [0.717, 1.165) is 57.2 Å². The summed E-state index contributed by atoms with van der Waals surface area (Å²) in [6, 6.07) is 9.72. The maximum Gasteiger partial charge on any atom is 0.253 e. The number of rotatable bonds is 5. The van der Waals surface area contributed by atoms with Crippen molar-refractivity contribution in [1.29, 1.82) is 0 Å². The van der Waals surface area contributed by atoms with Crippen LogP contribution < -0.4 is 20.5 Å². The average Bonchev–Trinajstić information content (AvgIpc) is 3.56. The highest BCUT2D eigenvalue weighted by Gasteiger charge is 2.38. The lowest BCUT2D eigenvalue weighted by Crippen LogP contribution is -2.48. The van der Waals surface area contributed by atoms with Crippen molar-refractivity contribution < 1.29 is 9.53 Å². The molecule has 3 atom stereocenters. The Morgan fingerprint density at radius 3 is 2.88 bits per heavy atom. The molecule has 3 aliphatic rings. The first-order valence-corrected chi connectivity index (χ1v) is 11.7. The van der Waals surface area contributed by atoms with Crippen molar-refractivity contribution in [3.8, 4) is 5.75 Å². The summed E-state index contributed by atoms with van der Waals surface area (Å²) in [7, 11) is 1.63. The monoisotopic (exact) mass is 436 g/mol. The molecule has 8 nitrogen and oxygen atoms in total. The van der Waals surface area contributed by atoms with Crippen molar-refractivity contribution in [2.45, 2.75) is 37.6 Å². The second-order valence-electron chi connectivity index (χ2n) is 9.02. The van der Waals surface area contributed by atoms with Gasteiger partial charge in [0, 0.05) is 56.4 Å². The zero-order valence-corrected chi connectivity index (χ0v) is 18.7. The van der Waals surface area contributed by atoms with Crippen LogP contribution in [0, 0.1) is 5.92 Å². The molecule has 5 rings (SSSR count). The number of nitrogens with one attached hydrogen (secondary N) is 2. The zero-order chi connectivity index (χ0) is 21.9. The van der Waals surface area contributed by atoms with E-state index in [2.05, 4.69) is 20.7 Å². The summed E-state index contributed by atoms with van der Waals surface area (Å²) < 4.78 is 5.30. The average molecular weight is 437 g/mol. The summed E-state index contributed by atoms with van der Waals surface area (Å²) in [5.41, 5.74) is 8.62. The van der Waals surface area contributed by atoms with Gasteiger partial charge < -0.3 is 14.5 Å². The van der Waals surface area contributed by atoms with E-state index in [1.807, 2.05) is 41.4 Å². The van der Waals surface area contributed by atoms with Gasteiger partial charge in [0.2, 0.25) is 5.95 Å². The van der Waals surface area contributed by atoms with Gasteiger partial charge in [-0.05, 0) is 55.9 Å². The summed E-state index contributed by atoms with van der Waals surface area (Å²) in [5.74, 6) is 2.27. The second kappa shape index (κ2) is 9.42. The predicted octanol–water partition coefficient (Wildman–Crippen LogP) is 2.20. The van der Waals surface area contributed by atoms with E-state index in [9.17, 15) is 4.79 Å². The SMILES string of the molecule is COc1cccc(C(=O)N2CCCC(C3NNCC3c3ccnc(N4CCCC4)n3)C2)c1. The minimum atomic E-state index is 0.0782. The summed E-state index contributed by atoms with van der Waals surface area (Å²) in [6.45, 7) is 4.46. The van der Waals surface area contributed by atoms with Crippen molar-refractivity contribution in [2.24, 2.45) is 5.92 Å². The topological polar surface area (TPSA) is 82.6 Å². The van der Waals surface area contributed by atoms with Gasteiger partial charge in [-0.1, -0.05) is 6.07 Å². The number of nitrogens with zero attached hydrogens (tertiary/aromatic N) is 4. The number of carbonyl (C=O) groups excluding carboxylic acids is 1. The van der Waals surface area contributed by atoms with Crippen molar-refractivity contribution >= 4 is 11.9 Å². The lowest BCUT2D eigenvalue weighted by molar-refractivity contribution is 0.0644. The molecule has 170 valence electrons. The molecule has 0 spiro atoms. The maximum absolute atomic E-state index is 13.2. The van der Waals surface area contributed by atoms with Crippen LogP contribution in [-0.4, -0.2) is 66.7 Å². The normalized spacial score (nSPS) is 25.8. The van der Waals surface area contributed by atoms with Gasteiger partial charge in [-0.2, -0.15) is 0 Å². The van der Waals surface area contributed by atoms with Crippen LogP contribution in [0.5, 0.6) is 5.75 Å². The molecule has 0 aliphatic carbocycles. The first-order chi connectivity index (χ1) is 15.7. The van der Waals surface area contributed by atoms with E-state index in [1.165, 1.54) is 12.8 Å². The van der Waals surface area contributed by atoms with Crippen LogP contribution in [0.2, 0.25) is 0 Å². The smallest absolute Gasteiger partial charge is 0.253 e. The Labute approximate surface area is 189 Å². The van der Waals surface area contributed by atoms with Gasteiger partial charge in [-0.25, -0.2) is 9.97 Å². The number of ether oxygens (including phenoxy) is 1. The Bertz CT molecular complexity index is 948. The molecule has 4 heterocycles. The fraction of sp³-hybridized carbons (Fsp3) is 0.542. The number of hydrazine groups is 1. The molecule has 1 amide bonds. The van der Waals surface area contributed by atoms with Crippen LogP contribution in [0.15, 0.2) is 36.5 Å². The van der Waals surface area contributed by atoms with E-state index in [1.54, 1.807) is 7.11 Å². The van der Waals surface area contributed by atoms with Crippen LogP contribution in [0.4, 0.5) is 5.95 Å². The third-order valence-electron chi connectivity index (χ3n) is 7.03. The van der Waals surface area contributed by atoms with Crippen molar-refractivity contribution in [1.82, 2.24) is 25.7 Å². The molecule has 8 heteroatoms. The Balaban J connectivity index is 1.30. The number of hydrogen-bond acceptors (Lipinski definition) is 7. The molecule has 2 N–H and O–H groups in total. The maximum atomic E-state index is 13.2. The fourth-order valence-electron chi connectivity index (χ4n) is 5.31. The van der Waals surface area contributed by atoms with Gasteiger partial charge >= 0.3 is 0 Å². The lowest BCUT2D eigenvalue weighted by Gasteiger charge is -2.37. The number of anilines is 1. The number of piperidine rings is 1. The zero-order valence-electron chi connectivity index (χ0n) is 18.7. The third kappa shape index (κ3) is 4.29. The van der Waals surface area contributed by atoms with E-state index in [0.29, 0.717) is 17.2 Å². The standard InChI is InChI=1S/C24H32N6O2/c1-32-19-8-4-6-17(14-19)23(31)30-13-5-7-18(16-30)22-20(15-26-28-22)21-9-10-25-24(27-21)29-11-2-3-12-29/h4,6,8-10,14,18,20,22,26,28H,2-3,5,7,11-13,15-16H2,1H3. The molecule has 3 aliphatic heterocycles. The Morgan fingerprint density at radius 1 is 1.16 bits per heavy atom. The van der Waals surface area contributed by atoms with Crippen molar-refractivity contribution in [3.05, 3.63) is 47.8 Å². The molecular formula is C24H32N6O2. The number of amides is 1. The van der Waals surface area contributed by atoms with Crippen LogP contribution in [0.3, 0.4) is 0 Å². The third-order valence-corrected chi connectivity index (χ3v) is 7.03. The fourth-order valence-corrected chi connectivity index (χ4v) is 5.31. The molecule has 32 heavy (non-hydrogen) atoms. The Morgan fingerprint density at radius 2 is 2.03 bits per heavy atom. The first-order valence-electron chi connectivity index (χ1n) is 11.7. The van der Waals surface area contributed by atoms with Gasteiger partial charge in [0.1, 0.15) is 5.75 Å². The largest absolute Gasteiger partial charge is 0.497 e. The summed E-state index contributed by atoms with van der Waals surface area (Å²) in [6.07, 6.45) is 6.42. The highest BCUT2D eigenvalue weighted by molar-refractivity contribution is 5.94. The van der Waals surface area contributed by atoms with Crippen molar-refractivity contribution in [2.75, 3.05) is 44.7 Å². The molecule has 3 fully saturated rings. The molecule has 1 aromatic heterocycles. The summed E-state index contributed by atoms with van der Waals surface area (Å²) in [5, 5.41) is 0. The molecule has 0 bridgehead atoms. The number of likely N-dealkylation sites (tertiary alicyclic amines) is 1. The number of carbonyl (C=O) groups is 1. The van der Waals surface area contributed by atoms with E-state index in [-0.39, 0.29) is 17.9 Å². The molecule has 0 radical (unpaired) electrons. The van der Waals surface area contributed by atoms with Crippen LogP contribution in [0.1, 0.15) is 47.7 Å². The molecule has 3 unspecified atom stereocenters. The predicted molar refractivity (Wildman–Crippen MR) is 123 cm³/mol. The number of methoxy groups -OCH3 is 1. The minimum Gasteiger partial charge on any atom is -0.497 e. The van der Waals surface area contributed by atoms with Gasteiger partial charge in [0.05, 0.1) is 12.8 Å². The molecule has 1 aromatic carbocycles. The summed E-state index contributed by atoms with van der Waals surface area (Å²) >= 11 is 0. The van der Waals surface area contributed by atoms with E-state index in [4.69, 9.17) is 9.72 Å². The second-order valence-corrected chi connectivity index (χ2v) is 9.02. The van der Waals surface area contributed by atoms with Gasteiger partial charge in [-0.3, -0.25) is 15.6 Å². The molecular weight excluding hydrogens is 404 g/mol.